The van der Waals surface area contributed by atoms with Gasteiger partial charge in [0.05, 0.1) is 24.7 Å². The van der Waals surface area contributed by atoms with E-state index in [-0.39, 0.29) is 0 Å². The van der Waals surface area contributed by atoms with Crippen LogP contribution < -0.4 is 10.2 Å². The van der Waals surface area contributed by atoms with Gasteiger partial charge in [0, 0.05) is 22.9 Å². The Balaban J connectivity index is 1.38. The van der Waals surface area contributed by atoms with Gasteiger partial charge in [-0.05, 0) is 42.5 Å². The molecule has 0 bridgehead atoms. The number of hydrogen-bond donors (Lipinski definition) is 2. The number of hydrazone groups is 1. The minimum atomic E-state index is -0.391. The first-order valence-corrected chi connectivity index (χ1v) is 10.9. The molecule has 5 rings (SSSR count). The second-order valence-corrected chi connectivity index (χ2v) is 7.67. The third-order valence-corrected chi connectivity index (χ3v) is 5.39. The zero-order valence-corrected chi connectivity index (χ0v) is 18.9. The molecule has 0 aliphatic rings. The molecule has 8 nitrogen and oxygen atoms in total. The lowest BCUT2D eigenvalue weighted by Gasteiger charge is -2.02. The van der Waals surface area contributed by atoms with E-state index in [1.54, 1.807) is 24.1 Å². The van der Waals surface area contributed by atoms with Crippen LogP contribution in [0.3, 0.4) is 0 Å². The highest BCUT2D eigenvalue weighted by Crippen LogP contribution is 2.25. The van der Waals surface area contributed by atoms with Gasteiger partial charge in [0.2, 0.25) is 0 Å². The standard InChI is InChI=1S/C27H22N6O2/c1-35-23-14-12-20(13-15-23)26-21(18-33(32-26)22-10-6-3-7-11-22)17-28-31-27(34)25-16-24(29-30-25)19-8-4-2-5-9-19/h2-18H,1H3,(H,29,30)(H,31,34)/b28-17-. The molecular weight excluding hydrogens is 440 g/mol. The minimum Gasteiger partial charge on any atom is -0.497 e. The van der Waals surface area contributed by atoms with Gasteiger partial charge in [-0.2, -0.15) is 15.3 Å². The van der Waals surface area contributed by atoms with Crippen LogP contribution in [0.25, 0.3) is 28.2 Å². The van der Waals surface area contributed by atoms with Crippen LogP contribution in [-0.4, -0.2) is 39.2 Å². The summed E-state index contributed by atoms with van der Waals surface area (Å²) in [6.45, 7) is 0. The van der Waals surface area contributed by atoms with Crippen molar-refractivity contribution in [3.8, 4) is 34.0 Å². The molecule has 2 aromatic heterocycles. The van der Waals surface area contributed by atoms with Gasteiger partial charge in [0.1, 0.15) is 17.1 Å². The number of methoxy groups -OCH3 is 1. The molecule has 0 aliphatic carbocycles. The fourth-order valence-electron chi connectivity index (χ4n) is 3.58. The third kappa shape index (κ3) is 4.86. The van der Waals surface area contributed by atoms with Gasteiger partial charge in [0.15, 0.2) is 0 Å². The van der Waals surface area contributed by atoms with E-state index >= 15 is 0 Å². The summed E-state index contributed by atoms with van der Waals surface area (Å²) in [6.07, 6.45) is 3.45. The van der Waals surface area contributed by atoms with Crippen LogP contribution in [0.15, 0.2) is 102 Å². The number of nitrogens with zero attached hydrogens (tertiary/aromatic N) is 4. The van der Waals surface area contributed by atoms with Crippen molar-refractivity contribution in [3.63, 3.8) is 0 Å². The molecule has 0 radical (unpaired) electrons. The van der Waals surface area contributed by atoms with E-state index in [0.29, 0.717) is 11.4 Å². The SMILES string of the molecule is COc1ccc(-c2nn(-c3ccccc3)cc2/C=N\NC(=O)c2cc(-c3ccccc3)n[nH]2)cc1. The molecule has 0 saturated heterocycles. The molecule has 0 spiro atoms. The molecule has 2 heterocycles. The van der Waals surface area contributed by atoms with E-state index in [9.17, 15) is 4.79 Å². The van der Waals surface area contributed by atoms with Crippen LogP contribution in [0.2, 0.25) is 0 Å². The second-order valence-electron chi connectivity index (χ2n) is 7.67. The Kier molecular flexibility index (Phi) is 6.17. The number of nitrogens with one attached hydrogen (secondary N) is 2. The summed E-state index contributed by atoms with van der Waals surface area (Å²) in [5.41, 5.74) is 7.76. The molecule has 2 N–H and O–H groups in total. The predicted octanol–water partition coefficient (Wildman–Crippen LogP) is 4.70. The smallest absolute Gasteiger partial charge is 0.289 e. The van der Waals surface area contributed by atoms with Crippen LogP contribution in [-0.2, 0) is 0 Å². The maximum absolute atomic E-state index is 12.6. The van der Waals surface area contributed by atoms with Gasteiger partial charge >= 0.3 is 0 Å². The maximum atomic E-state index is 12.6. The molecule has 0 saturated carbocycles. The number of carbonyl (C=O) groups excluding carboxylic acids is 1. The molecule has 0 fully saturated rings. The van der Waals surface area contributed by atoms with E-state index in [1.165, 1.54) is 0 Å². The zero-order valence-electron chi connectivity index (χ0n) is 18.9. The lowest BCUT2D eigenvalue weighted by atomic mass is 10.1. The van der Waals surface area contributed by atoms with Gasteiger partial charge in [-0.1, -0.05) is 48.5 Å². The Morgan fingerprint density at radius 2 is 1.69 bits per heavy atom. The molecule has 3 aromatic carbocycles. The van der Waals surface area contributed by atoms with Crippen molar-refractivity contribution < 1.29 is 9.53 Å². The number of carbonyl (C=O) groups is 1. The highest BCUT2D eigenvalue weighted by Gasteiger charge is 2.13. The molecule has 0 unspecified atom stereocenters. The average molecular weight is 463 g/mol. The van der Waals surface area contributed by atoms with Gasteiger partial charge in [-0.25, -0.2) is 10.1 Å². The third-order valence-electron chi connectivity index (χ3n) is 5.39. The number of aromatic amines is 1. The molecule has 35 heavy (non-hydrogen) atoms. The Hall–Kier alpha value is -4.98. The largest absolute Gasteiger partial charge is 0.497 e. The van der Waals surface area contributed by atoms with Crippen molar-refractivity contribution in [2.45, 2.75) is 0 Å². The maximum Gasteiger partial charge on any atom is 0.289 e. The van der Waals surface area contributed by atoms with E-state index in [1.807, 2.05) is 91.1 Å². The number of rotatable bonds is 7. The van der Waals surface area contributed by atoms with Gasteiger partial charge in [-0.3, -0.25) is 9.89 Å². The molecule has 0 aliphatic heterocycles. The lowest BCUT2D eigenvalue weighted by Crippen LogP contribution is -2.18. The number of aromatic nitrogens is 4. The van der Waals surface area contributed by atoms with Crippen molar-refractivity contribution in [3.05, 3.63) is 108 Å². The Bertz CT molecular complexity index is 1450. The van der Waals surface area contributed by atoms with Gasteiger partial charge < -0.3 is 4.74 Å². The summed E-state index contributed by atoms with van der Waals surface area (Å²) >= 11 is 0. The van der Waals surface area contributed by atoms with Crippen molar-refractivity contribution in [1.29, 1.82) is 0 Å². The fraction of sp³-hybridized carbons (Fsp3) is 0.0370. The molecule has 8 heteroatoms. The highest BCUT2D eigenvalue weighted by atomic mass is 16.5. The average Bonchev–Trinajstić information content (AvgIpc) is 3.58. The first-order valence-electron chi connectivity index (χ1n) is 10.9. The number of para-hydroxylation sites is 1. The topological polar surface area (TPSA) is 97.2 Å². The number of benzene rings is 3. The van der Waals surface area contributed by atoms with Crippen molar-refractivity contribution in [2.24, 2.45) is 5.10 Å². The molecular formula is C27H22N6O2. The van der Waals surface area contributed by atoms with E-state index in [0.717, 1.165) is 33.8 Å². The van der Waals surface area contributed by atoms with E-state index < -0.39 is 5.91 Å². The van der Waals surface area contributed by atoms with Crippen molar-refractivity contribution >= 4 is 12.1 Å². The lowest BCUT2D eigenvalue weighted by molar-refractivity contribution is 0.0950. The summed E-state index contributed by atoms with van der Waals surface area (Å²) in [5, 5.41) is 15.9. The number of amides is 1. The Morgan fingerprint density at radius 1 is 0.971 bits per heavy atom. The summed E-state index contributed by atoms with van der Waals surface area (Å²) in [7, 11) is 1.63. The quantitative estimate of drug-likeness (QED) is 0.271. The van der Waals surface area contributed by atoms with Crippen molar-refractivity contribution in [1.82, 2.24) is 25.4 Å². The van der Waals surface area contributed by atoms with Crippen molar-refractivity contribution in [2.75, 3.05) is 7.11 Å². The summed E-state index contributed by atoms with van der Waals surface area (Å²) in [5.74, 6) is 0.366. The Labute approximate surface area is 201 Å². The van der Waals surface area contributed by atoms with Crippen LogP contribution in [0.4, 0.5) is 0 Å². The van der Waals surface area contributed by atoms with E-state index in [4.69, 9.17) is 9.84 Å². The molecule has 0 atom stereocenters. The number of H-pyrrole nitrogens is 1. The second kappa shape index (κ2) is 9.88. The highest BCUT2D eigenvalue weighted by molar-refractivity contribution is 5.95. The number of hydrogen-bond acceptors (Lipinski definition) is 5. The Morgan fingerprint density at radius 3 is 2.40 bits per heavy atom. The molecule has 1 amide bonds. The molecule has 5 aromatic rings. The van der Waals surface area contributed by atoms with Crippen LogP contribution in [0.1, 0.15) is 16.1 Å². The summed E-state index contributed by atoms with van der Waals surface area (Å²) in [6, 6.07) is 28.7. The normalized spacial score (nSPS) is 11.0. The summed E-state index contributed by atoms with van der Waals surface area (Å²) in [4.78, 5) is 12.6. The van der Waals surface area contributed by atoms with Crippen LogP contribution in [0, 0.1) is 0 Å². The van der Waals surface area contributed by atoms with Crippen LogP contribution in [0.5, 0.6) is 5.75 Å². The molecule has 172 valence electrons. The summed E-state index contributed by atoms with van der Waals surface area (Å²) < 4.78 is 7.05. The zero-order chi connectivity index (χ0) is 24.0. The van der Waals surface area contributed by atoms with Gasteiger partial charge in [-0.15, -0.1) is 0 Å². The minimum absolute atomic E-state index is 0.316. The number of ether oxygens (including phenoxy) is 1. The predicted molar refractivity (Wildman–Crippen MR) is 135 cm³/mol. The van der Waals surface area contributed by atoms with Gasteiger partial charge in [0.25, 0.3) is 5.91 Å². The van der Waals surface area contributed by atoms with Crippen LogP contribution >= 0.6 is 0 Å². The van der Waals surface area contributed by atoms with E-state index in [2.05, 4.69) is 20.7 Å². The first kappa shape index (κ1) is 21.8. The fourth-order valence-corrected chi connectivity index (χ4v) is 3.58. The monoisotopic (exact) mass is 462 g/mol. The first-order chi connectivity index (χ1) is 17.2.